The van der Waals surface area contributed by atoms with Crippen molar-refractivity contribution in [2.24, 2.45) is 0 Å². The maximum Gasteiger partial charge on any atom is 0.311 e. The molecule has 1 N–H and O–H groups in total. The number of fused-ring (bicyclic) bond motifs is 1. The van der Waals surface area contributed by atoms with Crippen LogP contribution in [0.25, 0.3) is 0 Å². The van der Waals surface area contributed by atoms with Gasteiger partial charge in [0.25, 0.3) is 5.91 Å². The summed E-state index contributed by atoms with van der Waals surface area (Å²) in [5, 5.41) is 9.46. The monoisotopic (exact) mass is 387 g/mol. The summed E-state index contributed by atoms with van der Waals surface area (Å²) >= 11 is 0. The van der Waals surface area contributed by atoms with Crippen molar-refractivity contribution in [2.45, 2.75) is 31.1 Å². The third kappa shape index (κ3) is 3.47. The Morgan fingerprint density at radius 1 is 1.15 bits per heavy atom. The van der Waals surface area contributed by atoms with Crippen LogP contribution in [0.5, 0.6) is 0 Å². The SMILES string of the molecule is Cc1cc(S(C)(=O)=O)cc(C(=O)N2CCC(C(=O)O)c3ccccc32)c1C. The second-order valence-electron chi connectivity index (χ2n) is 6.88. The predicted octanol–water partition coefficient (Wildman–Crippen LogP) is 2.93. The van der Waals surface area contributed by atoms with Crippen LogP contribution in [0.15, 0.2) is 41.3 Å². The number of benzene rings is 2. The topological polar surface area (TPSA) is 91.8 Å². The third-order valence-electron chi connectivity index (χ3n) is 5.09. The number of hydrogen-bond acceptors (Lipinski definition) is 4. The van der Waals surface area contributed by atoms with Gasteiger partial charge in [0.15, 0.2) is 9.84 Å². The molecule has 1 amide bonds. The number of aliphatic carboxylic acids is 1. The Bertz CT molecular complexity index is 1040. The number of anilines is 1. The molecule has 27 heavy (non-hydrogen) atoms. The Hall–Kier alpha value is -2.67. The van der Waals surface area contributed by atoms with E-state index in [-0.39, 0.29) is 17.3 Å². The van der Waals surface area contributed by atoms with E-state index >= 15 is 0 Å². The predicted molar refractivity (Wildman–Crippen MR) is 102 cm³/mol. The second kappa shape index (κ2) is 6.81. The van der Waals surface area contributed by atoms with E-state index in [0.29, 0.717) is 28.8 Å². The zero-order valence-corrected chi connectivity index (χ0v) is 16.2. The van der Waals surface area contributed by atoms with Crippen molar-refractivity contribution in [1.82, 2.24) is 0 Å². The van der Waals surface area contributed by atoms with Crippen molar-refractivity contribution in [1.29, 1.82) is 0 Å². The Kier molecular flexibility index (Phi) is 4.82. The van der Waals surface area contributed by atoms with Crippen LogP contribution in [0.3, 0.4) is 0 Å². The average Bonchev–Trinajstić information content (AvgIpc) is 2.61. The zero-order valence-electron chi connectivity index (χ0n) is 15.4. The quantitative estimate of drug-likeness (QED) is 0.874. The fraction of sp³-hybridized carbons (Fsp3) is 0.300. The van der Waals surface area contributed by atoms with Gasteiger partial charge in [-0.05, 0) is 55.2 Å². The van der Waals surface area contributed by atoms with E-state index in [9.17, 15) is 23.1 Å². The van der Waals surface area contributed by atoms with E-state index in [2.05, 4.69) is 0 Å². The molecule has 0 radical (unpaired) electrons. The third-order valence-corrected chi connectivity index (χ3v) is 6.18. The van der Waals surface area contributed by atoms with Gasteiger partial charge >= 0.3 is 5.97 Å². The van der Waals surface area contributed by atoms with Crippen molar-refractivity contribution in [3.8, 4) is 0 Å². The van der Waals surface area contributed by atoms with Crippen molar-refractivity contribution in [3.63, 3.8) is 0 Å². The number of nitrogens with zero attached hydrogens (tertiary/aromatic N) is 1. The summed E-state index contributed by atoms with van der Waals surface area (Å²) in [4.78, 5) is 26.5. The standard InChI is InChI=1S/C20H21NO5S/c1-12-10-14(27(3,25)26)11-17(13(12)2)19(22)21-9-8-16(20(23)24)15-6-4-5-7-18(15)21/h4-7,10-11,16H,8-9H2,1-3H3,(H,23,24). The summed E-state index contributed by atoms with van der Waals surface area (Å²) in [6.07, 6.45) is 1.42. The van der Waals surface area contributed by atoms with Crippen LogP contribution < -0.4 is 4.90 Å². The van der Waals surface area contributed by atoms with Gasteiger partial charge < -0.3 is 10.0 Å². The van der Waals surface area contributed by atoms with E-state index in [1.807, 2.05) is 0 Å². The molecule has 1 aliphatic heterocycles. The number of sulfone groups is 1. The van der Waals surface area contributed by atoms with Gasteiger partial charge in [0.05, 0.1) is 10.8 Å². The zero-order chi connectivity index (χ0) is 19.9. The normalized spacial score (nSPS) is 16.7. The highest BCUT2D eigenvalue weighted by Gasteiger charge is 2.33. The van der Waals surface area contributed by atoms with Crippen molar-refractivity contribution in [2.75, 3.05) is 17.7 Å². The Morgan fingerprint density at radius 2 is 1.81 bits per heavy atom. The molecule has 1 aliphatic rings. The number of amides is 1. The molecule has 0 spiro atoms. The molecule has 0 fully saturated rings. The maximum absolute atomic E-state index is 13.3. The molecule has 0 saturated carbocycles. The molecule has 0 saturated heterocycles. The van der Waals surface area contributed by atoms with Crippen LogP contribution in [0.1, 0.15) is 39.4 Å². The highest BCUT2D eigenvalue weighted by atomic mass is 32.2. The summed E-state index contributed by atoms with van der Waals surface area (Å²) in [5.74, 6) is -1.89. The molecule has 1 unspecified atom stereocenters. The maximum atomic E-state index is 13.3. The summed E-state index contributed by atoms with van der Waals surface area (Å²) in [5.41, 5.74) is 2.90. The molecule has 0 aliphatic carbocycles. The smallest absolute Gasteiger partial charge is 0.311 e. The fourth-order valence-electron chi connectivity index (χ4n) is 3.44. The molecule has 1 atom stereocenters. The number of rotatable bonds is 3. The van der Waals surface area contributed by atoms with E-state index < -0.39 is 21.7 Å². The lowest BCUT2D eigenvalue weighted by Gasteiger charge is -2.33. The van der Waals surface area contributed by atoms with E-state index in [0.717, 1.165) is 11.8 Å². The largest absolute Gasteiger partial charge is 0.481 e. The van der Waals surface area contributed by atoms with Gasteiger partial charge in [-0.25, -0.2) is 8.42 Å². The summed E-state index contributed by atoms with van der Waals surface area (Å²) in [7, 11) is -3.46. The van der Waals surface area contributed by atoms with Crippen LogP contribution in [0.4, 0.5) is 5.69 Å². The second-order valence-corrected chi connectivity index (χ2v) is 8.90. The van der Waals surface area contributed by atoms with E-state index in [4.69, 9.17) is 0 Å². The van der Waals surface area contributed by atoms with Crippen molar-refractivity contribution in [3.05, 3.63) is 58.7 Å². The highest BCUT2D eigenvalue weighted by Crippen LogP contribution is 2.36. The Balaban J connectivity index is 2.11. The molecule has 1 heterocycles. The van der Waals surface area contributed by atoms with Gasteiger partial charge in [-0.15, -0.1) is 0 Å². The van der Waals surface area contributed by atoms with Gasteiger partial charge in [0.1, 0.15) is 0 Å². The lowest BCUT2D eigenvalue weighted by atomic mass is 9.89. The first-order valence-corrected chi connectivity index (χ1v) is 10.5. The van der Waals surface area contributed by atoms with Gasteiger partial charge in [0.2, 0.25) is 0 Å². The van der Waals surface area contributed by atoms with Crippen molar-refractivity contribution < 1.29 is 23.1 Å². The highest BCUT2D eigenvalue weighted by molar-refractivity contribution is 7.90. The number of para-hydroxylation sites is 1. The minimum Gasteiger partial charge on any atom is -0.481 e. The number of carbonyl (C=O) groups is 2. The molecule has 2 aromatic rings. The lowest BCUT2D eigenvalue weighted by molar-refractivity contribution is -0.139. The van der Waals surface area contributed by atoms with Gasteiger partial charge in [-0.1, -0.05) is 18.2 Å². The Labute approximate surface area is 158 Å². The lowest BCUT2D eigenvalue weighted by Crippen LogP contribution is -2.38. The average molecular weight is 387 g/mol. The number of hydrogen-bond donors (Lipinski definition) is 1. The Morgan fingerprint density at radius 3 is 2.44 bits per heavy atom. The minimum atomic E-state index is -3.46. The van der Waals surface area contributed by atoms with Gasteiger partial charge in [-0.2, -0.15) is 0 Å². The van der Waals surface area contributed by atoms with E-state index in [1.165, 1.54) is 6.07 Å². The van der Waals surface area contributed by atoms with Gasteiger partial charge in [-0.3, -0.25) is 9.59 Å². The van der Waals surface area contributed by atoms with Crippen LogP contribution in [0.2, 0.25) is 0 Å². The number of carboxylic acid groups (broad SMARTS) is 1. The molecule has 6 nitrogen and oxygen atoms in total. The number of aryl methyl sites for hydroxylation is 1. The van der Waals surface area contributed by atoms with Crippen LogP contribution in [0, 0.1) is 13.8 Å². The van der Waals surface area contributed by atoms with Crippen LogP contribution >= 0.6 is 0 Å². The first-order chi connectivity index (χ1) is 12.6. The molecule has 2 aromatic carbocycles. The molecular formula is C20H21NO5S. The molecule has 142 valence electrons. The van der Waals surface area contributed by atoms with Crippen LogP contribution in [-0.4, -0.2) is 38.2 Å². The van der Waals surface area contributed by atoms with Gasteiger partial charge in [0, 0.05) is 24.1 Å². The fourth-order valence-corrected chi connectivity index (χ4v) is 4.16. The van der Waals surface area contributed by atoms with Crippen molar-refractivity contribution >= 4 is 27.4 Å². The summed E-state index contributed by atoms with van der Waals surface area (Å²) in [6.45, 7) is 3.81. The summed E-state index contributed by atoms with van der Waals surface area (Å²) < 4.78 is 23.9. The first kappa shape index (κ1) is 19.1. The molecule has 7 heteroatoms. The van der Waals surface area contributed by atoms with E-state index in [1.54, 1.807) is 49.1 Å². The molecule has 0 bridgehead atoms. The molecule has 3 rings (SSSR count). The molecular weight excluding hydrogens is 366 g/mol. The van der Waals surface area contributed by atoms with Crippen LogP contribution in [-0.2, 0) is 14.6 Å². The minimum absolute atomic E-state index is 0.0997. The first-order valence-electron chi connectivity index (χ1n) is 8.56. The summed E-state index contributed by atoms with van der Waals surface area (Å²) in [6, 6.07) is 9.93. The number of carbonyl (C=O) groups excluding carboxylic acids is 1. The molecule has 0 aromatic heterocycles. The number of carboxylic acids is 1.